The first-order chi connectivity index (χ1) is 7.48. The van der Waals surface area contributed by atoms with Gasteiger partial charge < -0.3 is 10.6 Å². The van der Waals surface area contributed by atoms with E-state index in [2.05, 4.69) is 20.6 Å². The van der Waals surface area contributed by atoms with Crippen molar-refractivity contribution in [3.05, 3.63) is 12.0 Å². The quantitative estimate of drug-likeness (QED) is 0.743. The van der Waals surface area contributed by atoms with E-state index in [1.807, 2.05) is 0 Å². The molecule has 0 amide bonds. The van der Waals surface area contributed by atoms with Crippen molar-refractivity contribution in [2.24, 2.45) is 0 Å². The summed E-state index contributed by atoms with van der Waals surface area (Å²) < 4.78 is 36.2. The highest BCUT2D eigenvalue weighted by molar-refractivity contribution is 5.79. The summed E-state index contributed by atoms with van der Waals surface area (Å²) >= 11 is 0. The summed E-state index contributed by atoms with van der Waals surface area (Å²) in [4.78, 5) is 17.7. The Morgan fingerprint density at radius 3 is 2.81 bits per heavy atom. The van der Waals surface area contributed by atoms with Gasteiger partial charge in [-0.15, -0.1) is 0 Å². The summed E-state index contributed by atoms with van der Waals surface area (Å²) in [5.74, 6) is -0.113. The van der Waals surface area contributed by atoms with Crippen molar-refractivity contribution < 1.29 is 18.0 Å². The van der Waals surface area contributed by atoms with Crippen molar-refractivity contribution in [3.8, 4) is 0 Å². The van der Waals surface area contributed by atoms with Crippen LogP contribution in [0.15, 0.2) is 6.20 Å². The van der Waals surface area contributed by atoms with E-state index < -0.39 is 18.8 Å². The van der Waals surface area contributed by atoms with Crippen LogP contribution in [0.25, 0.3) is 0 Å². The second-order valence-corrected chi connectivity index (χ2v) is 3.24. The number of nitrogens with zero attached hydrogens (tertiary/aromatic N) is 2. The maximum Gasteiger partial charge on any atom is 0.396 e. The molecule has 1 unspecified atom stereocenters. The third-order valence-corrected chi connectivity index (χ3v) is 1.94. The standard InChI is InChI=1S/C8H7F3N4O/c9-8(10,11)1-5-12-2-4-7(14-5)15-6(3-16)13-4/h2-3,6,13H,1H2,(H,12,14,15). The fourth-order valence-corrected chi connectivity index (χ4v) is 1.32. The molecule has 2 heterocycles. The number of halogens is 3. The Labute approximate surface area is 88.1 Å². The molecule has 2 rings (SSSR count). The van der Waals surface area contributed by atoms with Crippen molar-refractivity contribution in [3.63, 3.8) is 0 Å². The van der Waals surface area contributed by atoms with Gasteiger partial charge in [0.15, 0.2) is 18.3 Å². The topological polar surface area (TPSA) is 66.9 Å². The predicted molar refractivity (Wildman–Crippen MR) is 48.9 cm³/mol. The number of anilines is 2. The second kappa shape index (κ2) is 3.62. The Bertz CT molecular complexity index is 420. The first kappa shape index (κ1) is 10.7. The summed E-state index contributed by atoms with van der Waals surface area (Å²) in [6, 6.07) is 0. The predicted octanol–water partition coefficient (Wildman–Crippen LogP) is 0.944. The van der Waals surface area contributed by atoms with Crippen molar-refractivity contribution >= 4 is 17.8 Å². The van der Waals surface area contributed by atoms with E-state index in [9.17, 15) is 18.0 Å². The van der Waals surface area contributed by atoms with E-state index in [0.29, 0.717) is 12.0 Å². The molecule has 0 bridgehead atoms. The van der Waals surface area contributed by atoms with Crippen molar-refractivity contribution in [2.75, 3.05) is 10.6 Å². The molecule has 8 heteroatoms. The van der Waals surface area contributed by atoms with Gasteiger partial charge in [-0.1, -0.05) is 0 Å². The molecule has 16 heavy (non-hydrogen) atoms. The van der Waals surface area contributed by atoms with Crippen molar-refractivity contribution in [2.45, 2.75) is 18.8 Å². The monoisotopic (exact) mass is 232 g/mol. The molecule has 0 radical (unpaired) electrons. The molecule has 0 saturated heterocycles. The number of rotatable bonds is 2. The number of nitrogens with one attached hydrogen (secondary N) is 2. The molecule has 0 saturated carbocycles. The summed E-state index contributed by atoms with van der Waals surface area (Å²) in [5.41, 5.74) is 0.419. The van der Waals surface area contributed by atoms with Gasteiger partial charge >= 0.3 is 6.18 Å². The molecule has 0 aliphatic carbocycles. The van der Waals surface area contributed by atoms with Crippen LogP contribution in [-0.4, -0.2) is 28.6 Å². The minimum atomic E-state index is -4.34. The fourth-order valence-electron chi connectivity index (χ4n) is 1.32. The Hall–Kier alpha value is -1.86. The third-order valence-electron chi connectivity index (χ3n) is 1.94. The number of hydrogen-bond acceptors (Lipinski definition) is 5. The smallest absolute Gasteiger partial charge is 0.355 e. The Kier molecular flexibility index (Phi) is 2.41. The van der Waals surface area contributed by atoms with Crippen LogP contribution >= 0.6 is 0 Å². The van der Waals surface area contributed by atoms with Gasteiger partial charge in [-0.05, 0) is 0 Å². The maximum atomic E-state index is 12.1. The molecular weight excluding hydrogens is 225 g/mol. The van der Waals surface area contributed by atoms with Gasteiger partial charge in [-0.2, -0.15) is 13.2 Å². The third kappa shape index (κ3) is 2.20. The molecule has 0 spiro atoms. The number of fused-ring (bicyclic) bond motifs is 1. The molecule has 0 aromatic carbocycles. The zero-order valence-corrected chi connectivity index (χ0v) is 7.88. The van der Waals surface area contributed by atoms with Crippen LogP contribution < -0.4 is 10.6 Å². The van der Waals surface area contributed by atoms with E-state index in [-0.39, 0.29) is 11.6 Å². The Morgan fingerprint density at radius 2 is 2.19 bits per heavy atom. The molecule has 2 N–H and O–H groups in total. The molecule has 1 atom stereocenters. The average molecular weight is 232 g/mol. The Balaban J connectivity index is 2.19. The normalized spacial score (nSPS) is 18.6. The minimum absolute atomic E-state index is 0.214. The van der Waals surface area contributed by atoms with Gasteiger partial charge in [0.1, 0.15) is 12.2 Å². The highest BCUT2D eigenvalue weighted by atomic mass is 19.4. The highest BCUT2D eigenvalue weighted by Crippen LogP contribution is 2.26. The number of hydrogen-bond donors (Lipinski definition) is 2. The van der Waals surface area contributed by atoms with Crippen LogP contribution in [0.2, 0.25) is 0 Å². The van der Waals surface area contributed by atoms with Gasteiger partial charge in [0.2, 0.25) is 0 Å². The van der Waals surface area contributed by atoms with Gasteiger partial charge in [0.25, 0.3) is 0 Å². The van der Waals surface area contributed by atoms with Crippen LogP contribution in [0.1, 0.15) is 5.82 Å². The van der Waals surface area contributed by atoms with Crippen LogP contribution in [0.3, 0.4) is 0 Å². The minimum Gasteiger partial charge on any atom is -0.355 e. The molecule has 1 aromatic heterocycles. The Morgan fingerprint density at radius 1 is 1.44 bits per heavy atom. The van der Waals surface area contributed by atoms with Gasteiger partial charge in [0, 0.05) is 0 Å². The van der Waals surface area contributed by atoms with Gasteiger partial charge in [-0.3, -0.25) is 4.79 Å². The van der Waals surface area contributed by atoms with Gasteiger partial charge in [0.05, 0.1) is 11.9 Å². The lowest BCUT2D eigenvalue weighted by Crippen LogP contribution is -2.23. The fraction of sp³-hybridized carbons (Fsp3) is 0.375. The molecule has 1 aromatic rings. The van der Waals surface area contributed by atoms with E-state index in [1.165, 1.54) is 6.20 Å². The van der Waals surface area contributed by atoms with Crippen molar-refractivity contribution in [1.29, 1.82) is 0 Å². The van der Waals surface area contributed by atoms with Crippen LogP contribution in [0.4, 0.5) is 24.7 Å². The summed E-state index contributed by atoms with van der Waals surface area (Å²) in [6.07, 6.45) is -4.38. The van der Waals surface area contributed by atoms with E-state index >= 15 is 0 Å². The lowest BCUT2D eigenvalue weighted by Gasteiger charge is -2.05. The highest BCUT2D eigenvalue weighted by Gasteiger charge is 2.30. The number of aromatic nitrogens is 2. The van der Waals surface area contributed by atoms with E-state index in [0.717, 1.165) is 0 Å². The number of carbonyl (C=O) groups is 1. The van der Waals surface area contributed by atoms with E-state index in [1.54, 1.807) is 0 Å². The largest absolute Gasteiger partial charge is 0.396 e. The summed E-state index contributed by atoms with van der Waals surface area (Å²) in [6.45, 7) is 0. The second-order valence-electron chi connectivity index (χ2n) is 3.24. The lowest BCUT2D eigenvalue weighted by atomic mass is 10.4. The number of aldehydes is 1. The molecule has 1 aliphatic rings. The summed E-state index contributed by atoms with van der Waals surface area (Å²) in [5, 5.41) is 5.30. The summed E-state index contributed by atoms with van der Waals surface area (Å²) in [7, 11) is 0. The molecule has 86 valence electrons. The molecule has 0 fully saturated rings. The van der Waals surface area contributed by atoms with Gasteiger partial charge in [-0.25, -0.2) is 9.97 Å². The first-order valence-electron chi connectivity index (χ1n) is 4.39. The molecule has 5 nitrogen and oxygen atoms in total. The molecular formula is C8H7F3N4O. The number of alkyl halides is 3. The maximum absolute atomic E-state index is 12.1. The first-order valence-corrected chi connectivity index (χ1v) is 4.39. The SMILES string of the molecule is O=CC1Nc2cnc(CC(F)(F)F)nc2N1. The number of carbonyl (C=O) groups excluding carboxylic acids is 1. The van der Waals surface area contributed by atoms with Crippen LogP contribution in [-0.2, 0) is 11.2 Å². The van der Waals surface area contributed by atoms with E-state index in [4.69, 9.17) is 0 Å². The van der Waals surface area contributed by atoms with Crippen LogP contribution in [0, 0.1) is 0 Å². The van der Waals surface area contributed by atoms with Crippen LogP contribution in [0.5, 0.6) is 0 Å². The average Bonchev–Trinajstić information content (AvgIpc) is 2.57. The molecule has 1 aliphatic heterocycles. The zero-order chi connectivity index (χ0) is 11.8. The van der Waals surface area contributed by atoms with Crippen molar-refractivity contribution in [1.82, 2.24) is 9.97 Å². The zero-order valence-electron chi connectivity index (χ0n) is 7.88. The lowest BCUT2D eigenvalue weighted by molar-refractivity contribution is -0.128.